The Kier molecular flexibility index (Phi) is 6.53. The van der Waals surface area contributed by atoms with Crippen molar-refractivity contribution in [2.75, 3.05) is 5.01 Å². The summed E-state index contributed by atoms with van der Waals surface area (Å²) in [5.74, 6) is -0.154. The molecule has 2 aromatic carbocycles. The van der Waals surface area contributed by atoms with Crippen LogP contribution in [-0.4, -0.2) is 12.0 Å². The maximum absolute atomic E-state index is 13.7. The number of aldehydes is 1. The highest BCUT2D eigenvalue weighted by Gasteiger charge is 2.40. The lowest BCUT2D eigenvalue weighted by molar-refractivity contribution is -0.104. The van der Waals surface area contributed by atoms with Gasteiger partial charge in [-0.2, -0.15) is 10.4 Å². The van der Waals surface area contributed by atoms with Crippen molar-refractivity contribution in [3.8, 4) is 6.07 Å². The number of nitriles is 1. The predicted molar refractivity (Wildman–Crippen MR) is 125 cm³/mol. The fourth-order valence-electron chi connectivity index (χ4n) is 4.43. The predicted octanol–water partition coefficient (Wildman–Crippen LogP) is 6.39. The van der Waals surface area contributed by atoms with Crippen molar-refractivity contribution < 1.29 is 9.18 Å². The Morgan fingerprint density at radius 3 is 2.72 bits per heavy atom. The van der Waals surface area contributed by atoms with Crippen molar-refractivity contribution in [1.29, 1.82) is 5.26 Å². The van der Waals surface area contributed by atoms with Gasteiger partial charge in [0.1, 0.15) is 18.2 Å². The van der Waals surface area contributed by atoms with E-state index in [0.717, 1.165) is 42.5 Å². The van der Waals surface area contributed by atoms with Gasteiger partial charge in [0.05, 0.1) is 28.0 Å². The number of hydrogen-bond donors (Lipinski definition) is 0. The average Bonchev–Trinajstić information content (AvgIpc) is 3.18. The van der Waals surface area contributed by atoms with Crippen molar-refractivity contribution in [3.63, 3.8) is 0 Å². The number of hydrazone groups is 1. The fraction of sp³-hybridized carbons (Fsp3) is 0.269. The van der Waals surface area contributed by atoms with Crippen molar-refractivity contribution in [2.24, 2.45) is 16.9 Å². The van der Waals surface area contributed by atoms with Gasteiger partial charge in [0.25, 0.3) is 0 Å². The number of carbonyl (C=O) groups is 1. The second kappa shape index (κ2) is 9.50. The third kappa shape index (κ3) is 4.37. The highest BCUT2D eigenvalue weighted by Crippen LogP contribution is 2.44. The zero-order chi connectivity index (χ0) is 22.7. The molecule has 4 rings (SSSR count). The molecular weight excluding hydrogens is 425 g/mol. The molecular formula is C26H23ClFN3O. The molecule has 2 aromatic rings. The lowest BCUT2D eigenvalue weighted by atomic mass is 9.81. The summed E-state index contributed by atoms with van der Waals surface area (Å²) in [4.78, 5) is 11.3. The van der Waals surface area contributed by atoms with Gasteiger partial charge < -0.3 is 0 Å². The second-order valence-electron chi connectivity index (χ2n) is 8.15. The maximum atomic E-state index is 13.7. The maximum Gasteiger partial charge on any atom is 0.149 e. The standard InChI is InChI=1S/C26H23ClFN3O/c1-17-6-7-18(16-32)4-2-3-5-23-25(17)30-31(22-13-10-20(15-29)24(27)14-22)26(23)19-8-11-21(28)12-9-19/h4,6-14,16-17,23,26H,2-3,5H2,1H3/b7-6-,18-4+. The van der Waals surface area contributed by atoms with Gasteiger partial charge in [-0.1, -0.05) is 48.9 Å². The van der Waals surface area contributed by atoms with Crippen LogP contribution in [0.3, 0.4) is 0 Å². The molecule has 1 aliphatic heterocycles. The molecule has 0 saturated heterocycles. The van der Waals surface area contributed by atoms with Crippen LogP contribution in [0.4, 0.5) is 10.1 Å². The first-order chi connectivity index (χ1) is 15.5. The summed E-state index contributed by atoms with van der Waals surface area (Å²) < 4.78 is 13.7. The molecule has 162 valence electrons. The van der Waals surface area contributed by atoms with Crippen LogP contribution < -0.4 is 5.01 Å². The van der Waals surface area contributed by atoms with Crippen LogP contribution in [0.2, 0.25) is 5.02 Å². The largest absolute Gasteiger partial charge is 0.298 e. The Labute approximate surface area is 192 Å². The average molecular weight is 448 g/mol. The normalized spacial score (nSPS) is 25.7. The van der Waals surface area contributed by atoms with Crippen LogP contribution in [0, 0.1) is 29.0 Å². The molecule has 0 radical (unpaired) electrons. The van der Waals surface area contributed by atoms with E-state index < -0.39 is 0 Å². The topological polar surface area (TPSA) is 56.5 Å². The summed E-state index contributed by atoms with van der Waals surface area (Å²) in [6, 6.07) is 13.8. The molecule has 0 aromatic heterocycles. The monoisotopic (exact) mass is 447 g/mol. The molecule has 0 fully saturated rings. The highest BCUT2D eigenvalue weighted by molar-refractivity contribution is 6.32. The van der Waals surface area contributed by atoms with E-state index in [1.165, 1.54) is 12.1 Å². The molecule has 0 N–H and O–H groups in total. The number of halogens is 2. The lowest BCUT2D eigenvalue weighted by Gasteiger charge is -2.29. The van der Waals surface area contributed by atoms with E-state index in [-0.39, 0.29) is 23.7 Å². The molecule has 2 aliphatic rings. The summed E-state index contributed by atoms with van der Waals surface area (Å²) >= 11 is 6.33. The van der Waals surface area contributed by atoms with Gasteiger partial charge in [-0.3, -0.25) is 9.80 Å². The SMILES string of the molecule is CC1/C=C\C(C=O)=C/CCCC2C1=NN(c1ccc(C#N)c(Cl)c1)C2c1ccc(F)cc1. The van der Waals surface area contributed by atoms with Crippen LogP contribution in [0.15, 0.2) is 71.4 Å². The van der Waals surface area contributed by atoms with E-state index in [4.69, 9.17) is 16.7 Å². The zero-order valence-corrected chi connectivity index (χ0v) is 18.5. The minimum Gasteiger partial charge on any atom is -0.298 e. The molecule has 3 atom stereocenters. The van der Waals surface area contributed by atoms with Gasteiger partial charge in [0, 0.05) is 17.4 Å². The van der Waals surface area contributed by atoms with Gasteiger partial charge in [0.2, 0.25) is 0 Å². The molecule has 0 saturated carbocycles. The molecule has 6 heteroatoms. The number of benzene rings is 2. The fourth-order valence-corrected chi connectivity index (χ4v) is 4.65. The van der Waals surface area contributed by atoms with E-state index >= 15 is 0 Å². The van der Waals surface area contributed by atoms with Crippen molar-refractivity contribution in [1.82, 2.24) is 0 Å². The van der Waals surface area contributed by atoms with Gasteiger partial charge in [-0.15, -0.1) is 0 Å². The smallest absolute Gasteiger partial charge is 0.149 e. The number of hydrogen-bond acceptors (Lipinski definition) is 4. The third-order valence-electron chi connectivity index (χ3n) is 6.08. The van der Waals surface area contributed by atoms with E-state index in [1.807, 2.05) is 29.3 Å². The third-order valence-corrected chi connectivity index (χ3v) is 6.39. The number of allylic oxidation sites excluding steroid dienone is 4. The summed E-state index contributed by atoms with van der Waals surface area (Å²) in [6.07, 6.45) is 9.30. The number of fused-ring (bicyclic) bond motifs is 1. The first-order valence-electron chi connectivity index (χ1n) is 10.7. The van der Waals surface area contributed by atoms with Crippen LogP contribution in [-0.2, 0) is 4.79 Å². The highest BCUT2D eigenvalue weighted by atomic mass is 35.5. The Hall–Kier alpha value is -3.23. The number of anilines is 1. The Balaban J connectivity index is 1.81. The summed E-state index contributed by atoms with van der Waals surface area (Å²) in [6.45, 7) is 2.07. The summed E-state index contributed by atoms with van der Waals surface area (Å²) in [7, 11) is 0. The molecule has 1 heterocycles. The Morgan fingerprint density at radius 1 is 1.25 bits per heavy atom. The number of nitrogens with zero attached hydrogens (tertiary/aromatic N) is 3. The van der Waals surface area contributed by atoms with Gasteiger partial charge in [-0.05, 0) is 55.2 Å². The van der Waals surface area contributed by atoms with Gasteiger partial charge in [0.15, 0.2) is 0 Å². The van der Waals surface area contributed by atoms with Crippen molar-refractivity contribution >= 4 is 29.3 Å². The van der Waals surface area contributed by atoms with E-state index in [2.05, 4.69) is 13.0 Å². The Bertz CT molecular complexity index is 1150. The van der Waals surface area contributed by atoms with Crippen molar-refractivity contribution in [2.45, 2.75) is 32.2 Å². The molecule has 32 heavy (non-hydrogen) atoms. The van der Waals surface area contributed by atoms with Crippen molar-refractivity contribution in [3.05, 3.63) is 88.2 Å². The second-order valence-corrected chi connectivity index (χ2v) is 8.56. The first kappa shape index (κ1) is 22.0. The zero-order valence-electron chi connectivity index (χ0n) is 17.7. The number of rotatable bonds is 3. The lowest BCUT2D eigenvalue weighted by Crippen LogP contribution is -2.27. The minimum absolute atomic E-state index is 0.0169. The Morgan fingerprint density at radius 2 is 2.03 bits per heavy atom. The number of carbonyl (C=O) groups excluding carboxylic acids is 1. The van der Waals surface area contributed by atoms with E-state index in [1.54, 1.807) is 24.3 Å². The molecule has 4 nitrogen and oxygen atoms in total. The molecule has 0 bridgehead atoms. The van der Waals surface area contributed by atoms with E-state index in [0.29, 0.717) is 16.2 Å². The van der Waals surface area contributed by atoms with Crippen LogP contribution in [0.5, 0.6) is 0 Å². The van der Waals surface area contributed by atoms with Crippen LogP contribution in [0.25, 0.3) is 0 Å². The summed E-state index contributed by atoms with van der Waals surface area (Å²) in [5.41, 5.74) is 3.85. The molecule has 0 spiro atoms. The minimum atomic E-state index is -0.283. The van der Waals surface area contributed by atoms with Gasteiger partial charge >= 0.3 is 0 Å². The van der Waals surface area contributed by atoms with Gasteiger partial charge in [-0.25, -0.2) is 4.39 Å². The molecule has 0 amide bonds. The summed E-state index contributed by atoms with van der Waals surface area (Å²) in [5, 5.41) is 16.6. The molecule has 1 aliphatic carbocycles. The quantitative estimate of drug-likeness (QED) is 0.512. The first-order valence-corrected chi connectivity index (χ1v) is 11.1. The molecule has 3 unspecified atom stereocenters. The van der Waals surface area contributed by atoms with E-state index in [9.17, 15) is 14.4 Å². The van der Waals surface area contributed by atoms with Crippen LogP contribution in [0.1, 0.15) is 43.4 Å². The van der Waals surface area contributed by atoms with Crippen LogP contribution >= 0.6 is 11.6 Å².